The van der Waals surface area contributed by atoms with Crippen molar-refractivity contribution in [3.05, 3.63) is 30.0 Å². The van der Waals surface area contributed by atoms with Gasteiger partial charge in [0.25, 0.3) is 5.91 Å². The fourth-order valence-electron chi connectivity index (χ4n) is 3.94. The molecule has 2 aromatic rings. The average Bonchev–Trinajstić information content (AvgIpc) is 3.15. The zero-order chi connectivity index (χ0) is 14.6. The largest absolute Gasteiger partial charge is 0.334 e. The molecular weight excluding hydrogens is 264 g/mol. The summed E-state index contributed by atoms with van der Waals surface area (Å²) in [6.07, 6.45) is 0. The van der Waals surface area contributed by atoms with Gasteiger partial charge in [0.05, 0.1) is 5.52 Å². The van der Waals surface area contributed by atoms with Crippen LogP contribution < -0.4 is 5.32 Å². The Morgan fingerprint density at radius 3 is 2.95 bits per heavy atom. The Hall–Kier alpha value is -1.88. The lowest BCUT2D eigenvalue weighted by atomic mass is 9.95. The second-order valence-electron chi connectivity index (χ2n) is 6.27. The Morgan fingerprint density at radius 2 is 2.14 bits per heavy atom. The van der Waals surface area contributed by atoms with Crippen molar-refractivity contribution in [1.82, 2.24) is 20.0 Å². The van der Waals surface area contributed by atoms with Gasteiger partial charge < -0.3 is 10.2 Å². The van der Waals surface area contributed by atoms with Gasteiger partial charge in [-0.15, -0.1) is 0 Å². The number of aromatic nitrogens is 2. The molecule has 1 N–H and O–H groups in total. The Labute approximate surface area is 123 Å². The first-order chi connectivity index (χ1) is 10.2. The van der Waals surface area contributed by atoms with Crippen LogP contribution in [0.5, 0.6) is 0 Å². The Balaban J connectivity index is 1.71. The monoisotopic (exact) mass is 284 g/mol. The van der Waals surface area contributed by atoms with E-state index in [1.165, 1.54) is 0 Å². The number of nitrogens with zero attached hydrogens (tertiary/aromatic N) is 3. The summed E-state index contributed by atoms with van der Waals surface area (Å²) in [4.78, 5) is 15.0. The predicted octanol–water partition coefficient (Wildman–Crippen LogP) is 1.25. The molecule has 0 spiro atoms. The molecule has 110 valence electrons. The number of carbonyl (C=O) groups is 1. The summed E-state index contributed by atoms with van der Waals surface area (Å²) in [6, 6.07) is 8.22. The number of hydrogen-bond donors (Lipinski definition) is 1. The molecule has 0 bridgehead atoms. The van der Waals surface area contributed by atoms with Crippen molar-refractivity contribution in [3.63, 3.8) is 0 Å². The fraction of sp³-hybridized carbons (Fsp3) is 0.500. The molecule has 5 nitrogen and oxygen atoms in total. The van der Waals surface area contributed by atoms with Crippen LogP contribution in [-0.2, 0) is 7.05 Å². The third-order valence-electron chi connectivity index (χ3n) is 5.16. The number of rotatable bonds is 1. The van der Waals surface area contributed by atoms with Crippen LogP contribution in [0.4, 0.5) is 0 Å². The fourth-order valence-corrected chi connectivity index (χ4v) is 3.94. The van der Waals surface area contributed by atoms with Crippen molar-refractivity contribution in [2.45, 2.75) is 13.0 Å². The van der Waals surface area contributed by atoms with Gasteiger partial charge in [-0.1, -0.05) is 18.2 Å². The SMILES string of the molecule is CC1C2CNCC2CN1C(=O)c1nn(C)c2ccccc12. The molecule has 3 unspecified atom stereocenters. The van der Waals surface area contributed by atoms with Crippen LogP contribution >= 0.6 is 0 Å². The van der Waals surface area contributed by atoms with Gasteiger partial charge in [0, 0.05) is 38.1 Å². The van der Waals surface area contributed by atoms with E-state index in [1.54, 1.807) is 4.68 Å². The lowest BCUT2D eigenvalue weighted by Crippen LogP contribution is -2.38. The number of likely N-dealkylation sites (tertiary alicyclic amines) is 1. The summed E-state index contributed by atoms with van der Waals surface area (Å²) in [7, 11) is 1.89. The smallest absolute Gasteiger partial charge is 0.275 e. The van der Waals surface area contributed by atoms with Crippen molar-refractivity contribution >= 4 is 16.8 Å². The summed E-state index contributed by atoms with van der Waals surface area (Å²) in [5.41, 5.74) is 1.60. The van der Waals surface area contributed by atoms with Gasteiger partial charge in [0.2, 0.25) is 0 Å². The summed E-state index contributed by atoms with van der Waals surface area (Å²) >= 11 is 0. The number of aryl methyl sites for hydroxylation is 1. The van der Waals surface area contributed by atoms with Gasteiger partial charge >= 0.3 is 0 Å². The van der Waals surface area contributed by atoms with Gasteiger partial charge in [0.15, 0.2) is 5.69 Å². The van der Waals surface area contributed by atoms with Crippen molar-refractivity contribution in [3.8, 4) is 0 Å². The maximum atomic E-state index is 12.9. The standard InChI is InChI=1S/C16H20N4O/c1-10-13-8-17-7-11(13)9-20(10)16(21)15-12-5-3-4-6-14(12)19(2)18-15/h3-6,10-11,13,17H,7-9H2,1-2H3. The lowest BCUT2D eigenvalue weighted by Gasteiger charge is -2.23. The molecule has 0 radical (unpaired) electrons. The number of nitrogens with one attached hydrogen (secondary N) is 1. The molecule has 2 aliphatic heterocycles. The molecule has 1 aromatic heterocycles. The second-order valence-corrected chi connectivity index (χ2v) is 6.27. The van der Waals surface area contributed by atoms with E-state index in [-0.39, 0.29) is 5.91 Å². The summed E-state index contributed by atoms with van der Waals surface area (Å²) in [5, 5.41) is 8.85. The van der Waals surface area contributed by atoms with E-state index in [0.717, 1.165) is 30.5 Å². The van der Waals surface area contributed by atoms with Gasteiger partial charge in [-0.3, -0.25) is 9.48 Å². The minimum Gasteiger partial charge on any atom is -0.334 e. The first kappa shape index (κ1) is 12.8. The molecule has 0 saturated carbocycles. The third-order valence-corrected chi connectivity index (χ3v) is 5.16. The van der Waals surface area contributed by atoms with Gasteiger partial charge in [0.1, 0.15) is 0 Å². The van der Waals surface area contributed by atoms with Crippen LogP contribution in [0.1, 0.15) is 17.4 Å². The molecule has 1 aromatic carbocycles. The number of benzene rings is 1. The predicted molar refractivity (Wildman–Crippen MR) is 81.1 cm³/mol. The minimum absolute atomic E-state index is 0.0775. The zero-order valence-electron chi connectivity index (χ0n) is 12.4. The molecule has 2 saturated heterocycles. The van der Waals surface area contributed by atoms with Crippen LogP contribution in [0.15, 0.2) is 24.3 Å². The number of fused-ring (bicyclic) bond motifs is 2. The molecule has 1 amide bonds. The lowest BCUT2D eigenvalue weighted by molar-refractivity contribution is 0.0723. The number of para-hydroxylation sites is 1. The van der Waals surface area contributed by atoms with Gasteiger partial charge in [-0.05, 0) is 24.8 Å². The van der Waals surface area contributed by atoms with Crippen LogP contribution in [0.2, 0.25) is 0 Å². The molecule has 21 heavy (non-hydrogen) atoms. The highest BCUT2D eigenvalue weighted by Crippen LogP contribution is 2.33. The van der Waals surface area contributed by atoms with Gasteiger partial charge in [-0.25, -0.2) is 0 Å². The highest BCUT2D eigenvalue weighted by molar-refractivity contribution is 6.05. The van der Waals surface area contributed by atoms with E-state index >= 15 is 0 Å². The van der Waals surface area contributed by atoms with E-state index < -0.39 is 0 Å². The van der Waals surface area contributed by atoms with Crippen molar-refractivity contribution < 1.29 is 4.79 Å². The number of amides is 1. The molecule has 2 fully saturated rings. The number of hydrogen-bond acceptors (Lipinski definition) is 3. The Bertz CT molecular complexity index is 707. The van der Waals surface area contributed by atoms with Crippen LogP contribution in [-0.4, -0.2) is 46.3 Å². The number of carbonyl (C=O) groups excluding carboxylic acids is 1. The van der Waals surface area contributed by atoms with Crippen LogP contribution in [0.25, 0.3) is 10.9 Å². The Morgan fingerprint density at radius 1 is 1.33 bits per heavy atom. The van der Waals surface area contributed by atoms with E-state index in [0.29, 0.717) is 23.6 Å². The topological polar surface area (TPSA) is 50.2 Å². The minimum atomic E-state index is 0.0775. The molecule has 4 rings (SSSR count). The highest BCUT2D eigenvalue weighted by atomic mass is 16.2. The summed E-state index contributed by atoms with van der Waals surface area (Å²) < 4.78 is 1.80. The molecule has 3 heterocycles. The van der Waals surface area contributed by atoms with E-state index in [4.69, 9.17) is 0 Å². The first-order valence-corrected chi connectivity index (χ1v) is 7.60. The third kappa shape index (κ3) is 1.80. The highest BCUT2D eigenvalue weighted by Gasteiger charge is 2.44. The van der Waals surface area contributed by atoms with Gasteiger partial charge in [-0.2, -0.15) is 5.10 Å². The van der Waals surface area contributed by atoms with Crippen LogP contribution in [0, 0.1) is 11.8 Å². The molecular formula is C16H20N4O. The molecule has 0 aliphatic carbocycles. The van der Waals surface area contributed by atoms with Crippen LogP contribution in [0.3, 0.4) is 0 Å². The second kappa shape index (κ2) is 4.56. The maximum Gasteiger partial charge on any atom is 0.275 e. The molecule has 5 heteroatoms. The molecule has 3 atom stereocenters. The van der Waals surface area contributed by atoms with Crippen molar-refractivity contribution in [2.24, 2.45) is 18.9 Å². The summed E-state index contributed by atoms with van der Waals surface area (Å²) in [5.74, 6) is 1.26. The normalized spacial score (nSPS) is 28.3. The summed E-state index contributed by atoms with van der Waals surface area (Å²) in [6.45, 7) is 5.07. The zero-order valence-corrected chi connectivity index (χ0v) is 12.4. The quantitative estimate of drug-likeness (QED) is 0.857. The first-order valence-electron chi connectivity index (χ1n) is 7.60. The van der Waals surface area contributed by atoms with Crippen molar-refractivity contribution in [1.29, 1.82) is 0 Å². The van der Waals surface area contributed by atoms with Crippen molar-refractivity contribution in [2.75, 3.05) is 19.6 Å². The van der Waals surface area contributed by atoms with E-state index in [9.17, 15) is 4.79 Å². The van der Waals surface area contributed by atoms with E-state index in [2.05, 4.69) is 17.3 Å². The average molecular weight is 284 g/mol. The Kier molecular flexibility index (Phi) is 2.79. The van der Waals surface area contributed by atoms with E-state index in [1.807, 2.05) is 36.2 Å². The maximum absolute atomic E-state index is 12.9. The molecule has 2 aliphatic rings.